The summed E-state index contributed by atoms with van der Waals surface area (Å²) in [5.74, 6) is 2.19. The van der Waals surface area contributed by atoms with Crippen molar-refractivity contribution in [2.75, 3.05) is 0 Å². The van der Waals surface area contributed by atoms with Gasteiger partial charge in [-0.1, -0.05) is 44.0 Å². The van der Waals surface area contributed by atoms with Crippen LogP contribution in [0.15, 0.2) is 36.9 Å². The molecule has 28 heavy (non-hydrogen) atoms. The minimum atomic E-state index is -0.401. The molecule has 2 aromatic carbocycles. The molecule has 2 aliphatic carbocycles. The lowest BCUT2D eigenvalue weighted by atomic mass is 9.63. The molecule has 2 heteroatoms. The molecule has 0 heterocycles. The highest BCUT2D eigenvalue weighted by Crippen LogP contribution is 2.48. The summed E-state index contributed by atoms with van der Waals surface area (Å²) in [5, 5.41) is 0.856. The first kappa shape index (κ1) is 19.6. The summed E-state index contributed by atoms with van der Waals surface area (Å²) in [7, 11) is 0. The molecule has 0 nitrogen and oxygen atoms in total. The first-order valence-electron chi connectivity index (χ1n) is 11.1. The molecule has 0 N–H and O–H groups in total. The van der Waals surface area contributed by atoms with Gasteiger partial charge in [-0.25, -0.2) is 8.78 Å². The van der Waals surface area contributed by atoms with Gasteiger partial charge in [-0.05, 0) is 91.2 Å². The summed E-state index contributed by atoms with van der Waals surface area (Å²) in [6.07, 6.45) is 12.0. The Bertz CT molecular complexity index is 853. The Morgan fingerprint density at radius 2 is 1.82 bits per heavy atom. The monoisotopic (exact) mass is 382 g/mol. The molecule has 0 saturated heterocycles. The molecule has 2 aliphatic rings. The fourth-order valence-electron chi connectivity index (χ4n) is 5.78. The maximum absolute atomic E-state index is 14.9. The Hall–Kier alpha value is -1.70. The number of aryl methyl sites for hydroxylation is 1. The number of hydrogen-bond donors (Lipinski definition) is 0. The topological polar surface area (TPSA) is 0 Å². The third-order valence-electron chi connectivity index (χ3n) is 7.50. The van der Waals surface area contributed by atoms with E-state index in [1.807, 2.05) is 18.2 Å². The van der Waals surface area contributed by atoms with Crippen LogP contribution in [0.3, 0.4) is 0 Å². The van der Waals surface area contributed by atoms with Crippen LogP contribution in [0.2, 0.25) is 0 Å². The summed E-state index contributed by atoms with van der Waals surface area (Å²) in [5.41, 5.74) is 1.64. The molecule has 0 radical (unpaired) electrons. The van der Waals surface area contributed by atoms with Gasteiger partial charge in [-0.3, -0.25) is 0 Å². The fourth-order valence-corrected chi connectivity index (χ4v) is 5.78. The summed E-state index contributed by atoms with van der Waals surface area (Å²) < 4.78 is 29.8. The van der Waals surface area contributed by atoms with Crippen LogP contribution in [0.25, 0.3) is 10.8 Å². The third-order valence-corrected chi connectivity index (χ3v) is 7.50. The Morgan fingerprint density at radius 1 is 1.04 bits per heavy atom. The van der Waals surface area contributed by atoms with Gasteiger partial charge in [0.15, 0.2) is 0 Å². The van der Waals surface area contributed by atoms with Gasteiger partial charge in [0, 0.05) is 0 Å². The predicted molar refractivity (Wildman–Crippen MR) is 114 cm³/mol. The van der Waals surface area contributed by atoms with E-state index in [0.29, 0.717) is 29.7 Å². The zero-order chi connectivity index (χ0) is 19.7. The number of halogens is 2. The maximum Gasteiger partial charge on any atom is 0.137 e. The van der Waals surface area contributed by atoms with Crippen molar-refractivity contribution >= 4 is 10.8 Å². The second kappa shape index (κ2) is 8.35. The van der Waals surface area contributed by atoms with E-state index in [2.05, 4.69) is 13.5 Å². The molecule has 2 aromatic rings. The van der Waals surface area contributed by atoms with Crippen molar-refractivity contribution in [3.05, 3.63) is 59.7 Å². The molecule has 2 saturated carbocycles. The van der Waals surface area contributed by atoms with Crippen molar-refractivity contribution in [2.24, 2.45) is 17.8 Å². The van der Waals surface area contributed by atoms with Crippen molar-refractivity contribution in [3.8, 4) is 0 Å². The van der Waals surface area contributed by atoms with Gasteiger partial charge in [0.25, 0.3) is 0 Å². The zero-order valence-corrected chi connectivity index (χ0v) is 17.0. The van der Waals surface area contributed by atoms with Crippen LogP contribution >= 0.6 is 0 Å². The van der Waals surface area contributed by atoms with Crippen LogP contribution in [0.4, 0.5) is 8.78 Å². The molecule has 4 rings (SSSR count). The van der Waals surface area contributed by atoms with Crippen LogP contribution in [0, 0.1) is 29.4 Å². The maximum atomic E-state index is 14.9. The highest BCUT2D eigenvalue weighted by molar-refractivity contribution is 5.85. The molecule has 4 unspecified atom stereocenters. The minimum absolute atomic E-state index is 0.155. The molecule has 0 bridgehead atoms. The standard InChI is InChI=1S/C26H32F2/c1-3-5-6-18-9-12-22-15-23(16-24(27)25(22)26(18)28)21-11-10-19-13-17(4-2)7-8-20(19)14-21/h3,9,12,15-17,19-21H,1,4-8,10-11,13-14H2,2H3. The van der Waals surface area contributed by atoms with E-state index in [-0.39, 0.29) is 5.39 Å². The van der Waals surface area contributed by atoms with Gasteiger partial charge in [-0.15, -0.1) is 6.58 Å². The molecule has 0 amide bonds. The predicted octanol–water partition coefficient (Wildman–Crippen LogP) is 7.95. The number of hydrogen-bond acceptors (Lipinski definition) is 0. The van der Waals surface area contributed by atoms with Crippen LogP contribution in [-0.4, -0.2) is 0 Å². The average molecular weight is 383 g/mol. The number of fused-ring (bicyclic) bond motifs is 2. The van der Waals surface area contributed by atoms with E-state index in [9.17, 15) is 8.78 Å². The van der Waals surface area contributed by atoms with E-state index in [1.165, 1.54) is 38.5 Å². The molecule has 0 aromatic heterocycles. The van der Waals surface area contributed by atoms with Crippen molar-refractivity contribution in [1.29, 1.82) is 0 Å². The van der Waals surface area contributed by atoms with Gasteiger partial charge in [0.2, 0.25) is 0 Å². The zero-order valence-electron chi connectivity index (χ0n) is 17.0. The van der Waals surface area contributed by atoms with Crippen LogP contribution < -0.4 is 0 Å². The fraction of sp³-hybridized carbons (Fsp3) is 0.538. The van der Waals surface area contributed by atoms with Crippen LogP contribution in [0.5, 0.6) is 0 Å². The second-order valence-electron chi connectivity index (χ2n) is 9.08. The van der Waals surface area contributed by atoms with E-state index >= 15 is 0 Å². The number of allylic oxidation sites excluding steroid dienone is 1. The van der Waals surface area contributed by atoms with Crippen molar-refractivity contribution < 1.29 is 8.78 Å². The Kier molecular flexibility index (Phi) is 5.85. The van der Waals surface area contributed by atoms with Gasteiger partial charge in [0.05, 0.1) is 5.39 Å². The summed E-state index contributed by atoms with van der Waals surface area (Å²) in [4.78, 5) is 0. The Labute approximate surface area is 168 Å². The molecular weight excluding hydrogens is 350 g/mol. The Balaban J connectivity index is 1.57. The van der Waals surface area contributed by atoms with Gasteiger partial charge in [-0.2, -0.15) is 0 Å². The van der Waals surface area contributed by atoms with Crippen molar-refractivity contribution in [2.45, 2.75) is 70.6 Å². The van der Waals surface area contributed by atoms with Crippen molar-refractivity contribution in [1.82, 2.24) is 0 Å². The summed E-state index contributed by atoms with van der Waals surface area (Å²) in [6.45, 7) is 6.01. The quantitative estimate of drug-likeness (QED) is 0.460. The van der Waals surface area contributed by atoms with E-state index in [0.717, 1.165) is 29.7 Å². The SMILES string of the molecule is C=CCCc1ccc2cc(C3CCC4CC(CC)CCC4C3)cc(F)c2c1F. The Morgan fingerprint density at radius 3 is 2.61 bits per heavy atom. The first-order chi connectivity index (χ1) is 13.6. The minimum Gasteiger partial charge on any atom is -0.206 e. The van der Waals surface area contributed by atoms with E-state index in [4.69, 9.17) is 0 Å². The van der Waals surface area contributed by atoms with Crippen molar-refractivity contribution in [3.63, 3.8) is 0 Å². The van der Waals surface area contributed by atoms with Crippen LogP contribution in [-0.2, 0) is 6.42 Å². The molecular formula is C26H32F2. The van der Waals surface area contributed by atoms with E-state index < -0.39 is 11.6 Å². The molecule has 150 valence electrons. The summed E-state index contributed by atoms with van der Waals surface area (Å²) >= 11 is 0. The number of benzene rings is 2. The molecule has 0 spiro atoms. The largest absolute Gasteiger partial charge is 0.206 e. The normalized spacial score (nSPS) is 27.5. The smallest absolute Gasteiger partial charge is 0.137 e. The summed E-state index contributed by atoms with van der Waals surface area (Å²) in [6, 6.07) is 7.36. The van der Waals surface area contributed by atoms with E-state index in [1.54, 1.807) is 12.1 Å². The van der Waals surface area contributed by atoms with Gasteiger partial charge < -0.3 is 0 Å². The molecule has 0 aliphatic heterocycles. The highest BCUT2D eigenvalue weighted by atomic mass is 19.1. The lowest BCUT2D eigenvalue weighted by Gasteiger charge is -2.42. The molecule has 2 fully saturated rings. The van der Waals surface area contributed by atoms with Gasteiger partial charge in [0.1, 0.15) is 11.6 Å². The average Bonchev–Trinajstić information content (AvgIpc) is 2.72. The lowest BCUT2D eigenvalue weighted by Crippen LogP contribution is -2.30. The third kappa shape index (κ3) is 3.75. The lowest BCUT2D eigenvalue weighted by molar-refractivity contribution is 0.116. The van der Waals surface area contributed by atoms with Crippen LogP contribution in [0.1, 0.15) is 75.3 Å². The van der Waals surface area contributed by atoms with Gasteiger partial charge >= 0.3 is 0 Å². The highest BCUT2D eigenvalue weighted by Gasteiger charge is 2.35. The first-order valence-corrected chi connectivity index (χ1v) is 11.1. The number of rotatable bonds is 5. The molecule has 4 atom stereocenters. The second-order valence-corrected chi connectivity index (χ2v) is 9.08.